The summed E-state index contributed by atoms with van der Waals surface area (Å²) < 4.78 is 6.79. The van der Waals surface area contributed by atoms with Crippen LogP contribution in [0.25, 0.3) is 22.4 Å². The Hall–Kier alpha value is -0.840. The molecule has 0 atom stereocenters. The lowest BCUT2D eigenvalue weighted by molar-refractivity contribution is 0.629. The van der Waals surface area contributed by atoms with E-state index >= 15 is 0 Å². The molecule has 0 fully saturated rings. The number of aromatic nitrogens is 1. The van der Waals surface area contributed by atoms with Gasteiger partial charge in [-0.25, -0.2) is 4.98 Å². The fourth-order valence-corrected chi connectivity index (χ4v) is 2.88. The molecule has 0 aliphatic carbocycles. The predicted molar refractivity (Wildman–Crippen MR) is 74.6 cm³/mol. The molecule has 3 aromatic rings. The molecule has 0 radical (unpaired) electrons. The lowest BCUT2D eigenvalue weighted by Crippen LogP contribution is -1.75. The lowest BCUT2D eigenvalue weighted by Gasteiger charge is -1.88. The van der Waals surface area contributed by atoms with Crippen LogP contribution in [-0.2, 0) is 5.88 Å². The van der Waals surface area contributed by atoms with Gasteiger partial charge in [-0.1, -0.05) is 15.9 Å². The second kappa shape index (κ2) is 4.44. The molecule has 0 aliphatic rings. The number of furan rings is 1. The van der Waals surface area contributed by atoms with Gasteiger partial charge in [0.05, 0.1) is 5.88 Å². The highest BCUT2D eigenvalue weighted by Gasteiger charge is 2.09. The van der Waals surface area contributed by atoms with Gasteiger partial charge in [-0.3, -0.25) is 0 Å². The average Bonchev–Trinajstić information content (AvgIpc) is 2.93. The van der Waals surface area contributed by atoms with Gasteiger partial charge in [-0.15, -0.1) is 22.9 Å². The summed E-state index contributed by atoms with van der Waals surface area (Å²) in [7, 11) is 0. The SMILES string of the molecule is ClCc1nc(-c2cc3cc(Br)ccc3o2)cs1. The van der Waals surface area contributed by atoms with Gasteiger partial charge in [0, 0.05) is 15.2 Å². The molecule has 0 spiro atoms. The first-order chi connectivity index (χ1) is 8.26. The van der Waals surface area contributed by atoms with Crippen LogP contribution in [0.4, 0.5) is 0 Å². The van der Waals surface area contributed by atoms with Crippen LogP contribution in [-0.4, -0.2) is 4.98 Å². The third kappa shape index (κ3) is 2.12. The zero-order valence-corrected chi connectivity index (χ0v) is 11.8. The third-order valence-electron chi connectivity index (χ3n) is 2.40. The zero-order valence-electron chi connectivity index (χ0n) is 8.61. The lowest BCUT2D eigenvalue weighted by atomic mass is 10.2. The first-order valence-corrected chi connectivity index (χ1v) is 7.17. The van der Waals surface area contributed by atoms with E-state index in [1.165, 1.54) is 0 Å². The molecule has 2 nitrogen and oxygen atoms in total. The molecule has 0 saturated heterocycles. The second-order valence-corrected chi connectivity index (χ2v) is 5.68. The third-order valence-corrected chi connectivity index (χ3v) is 4.15. The molecular weight excluding hydrogens is 322 g/mol. The Morgan fingerprint density at radius 3 is 3.00 bits per heavy atom. The number of hydrogen-bond donors (Lipinski definition) is 0. The molecule has 0 N–H and O–H groups in total. The van der Waals surface area contributed by atoms with Gasteiger partial charge in [-0.2, -0.15) is 0 Å². The number of alkyl halides is 1. The van der Waals surface area contributed by atoms with Crippen molar-refractivity contribution in [3.63, 3.8) is 0 Å². The Labute approximate surface area is 115 Å². The van der Waals surface area contributed by atoms with E-state index < -0.39 is 0 Å². The van der Waals surface area contributed by atoms with Crippen molar-refractivity contribution in [2.75, 3.05) is 0 Å². The van der Waals surface area contributed by atoms with Crippen LogP contribution in [0.5, 0.6) is 0 Å². The fraction of sp³-hybridized carbons (Fsp3) is 0.0833. The van der Waals surface area contributed by atoms with Crippen LogP contribution in [0.1, 0.15) is 5.01 Å². The van der Waals surface area contributed by atoms with Crippen molar-refractivity contribution in [2.45, 2.75) is 5.88 Å². The quantitative estimate of drug-likeness (QED) is 0.615. The maximum atomic E-state index is 5.75. The number of fused-ring (bicyclic) bond motifs is 1. The number of nitrogens with zero attached hydrogens (tertiary/aromatic N) is 1. The Bertz CT molecular complexity index is 676. The summed E-state index contributed by atoms with van der Waals surface area (Å²) in [4.78, 5) is 4.40. The first-order valence-electron chi connectivity index (χ1n) is 4.96. The molecule has 86 valence electrons. The van der Waals surface area contributed by atoms with Crippen molar-refractivity contribution in [2.24, 2.45) is 0 Å². The summed E-state index contributed by atoms with van der Waals surface area (Å²) in [6.07, 6.45) is 0. The van der Waals surface area contributed by atoms with Crippen molar-refractivity contribution in [3.05, 3.63) is 39.1 Å². The average molecular weight is 329 g/mol. The van der Waals surface area contributed by atoms with Crippen LogP contribution < -0.4 is 0 Å². The van der Waals surface area contributed by atoms with Gasteiger partial charge in [0.1, 0.15) is 16.3 Å². The summed E-state index contributed by atoms with van der Waals surface area (Å²) in [5.41, 5.74) is 1.71. The Morgan fingerprint density at radius 1 is 1.35 bits per heavy atom. The monoisotopic (exact) mass is 327 g/mol. The van der Waals surface area contributed by atoms with Crippen LogP contribution in [0.2, 0.25) is 0 Å². The summed E-state index contributed by atoms with van der Waals surface area (Å²) in [6.45, 7) is 0. The molecule has 0 unspecified atom stereocenters. The summed E-state index contributed by atoms with van der Waals surface area (Å²) in [5, 5.41) is 3.93. The number of benzene rings is 1. The standard InChI is InChI=1S/C12H7BrClNOS/c13-8-1-2-10-7(3-8)4-11(16-10)9-6-17-12(5-14)15-9/h1-4,6H,5H2. The van der Waals surface area contributed by atoms with Gasteiger partial charge < -0.3 is 4.42 Å². The minimum Gasteiger partial charge on any atom is -0.454 e. The highest BCUT2D eigenvalue weighted by atomic mass is 79.9. The second-order valence-electron chi connectivity index (χ2n) is 3.55. The molecule has 1 aromatic carbocycles. The summed E-state index contributed by atoms with van der Waals surface area (Å²) in [6, 6.07) is 7.92. The first kappa shape index (κ1) is 11.3. The predicted octanol–water partition coefficient (Wildman–Crippen LogP) is 5.06. The highest BCUT2D eigenvalue weighted by Crippen LogP contribution is 2.30. The highest BCUT2D eigenvalue weighted by molar-refractivity contribution is 9.10. The topological polar surface area (TPSA) is 26.0 Å². The van der Waals surface area contributed by atoms with Crippen LogP contribution in [0, 0.1) is 0 Å². The van der Waals surface area contributed by atoms with Crippen molar-refractivity contribution in [1.82, 2.24) is 4.98 Å². The van der Waals surface area contributed by atoms with E-state index in [0.29, 0.717) is 5.88 Å². The largest absolute Gasteiger partial charge is 0.454 e. The van der Waals surface area contributed by atoms with Crippen molar-refractivity contribution in [1.29, 1.82) is 0 Å². The van der Waals surface area contributed by atoms with E-state index in [2.05, 4.69) is 20.9 Å². The van der Waals surface area contributed by atoms with Gasteiger partial charge in [0.2, 0.25) is 0 Å². The number of halogens is 2. The van der Waals surface area contributed by atoms with Crippen molar-refractivity contribution >= 4 is 49.8 Å². The van der Waals surface area contributed by atoms with Gasteiger partial charge in [0.25, 0.3) is 0 Å². The van der Waals surface area contributed by atoms with E-state index in [1.54, 1.807) is 11.3 Å². The Morgan fingerprint density at radius 2 is 2.24 bits per heavy atom. The Kier molecular flexibility index (Phi) is 2.94. The molecule has 5 heteroatoms. The van der Waals surface area contributed by atoms with E-state index in [4.69, 9.17) is 16.0 Å². The summed E-state index contributed by atoms with van der Waals surface area (Å²) >= 11 is 10.7. The molecule has 2 heterocycles. The van der Waals surface area contributed by atoms with E-state index in [1.807, 2.05) is 29.6 Å². The van der Waals surface area contributed by atoms with E-state index in [0.717, 1.165) is 31.9 Å². The van der Waals surface area contributed by atoms with Gasteiger partial charge in [-0.05, 0) is 24.3 Å². The maximum absolute atomic E-state index is 5.75. The minimum atomic E-state index is 0.441. The van der Waals surface area contributed by atoms with Gasteiger partial charge in [0.15, 0.2) is 5.76 Å². The molecule has 0 bridgehead atoms. The zero-order chi connectivity index (χ0) is 11.8. The molecule has 3 rings (SSSR count). The van der Waals surface area contributed by atoms with E-state index in [-0.39, 0.29) is 0 Å². The molecule has 0 amide bonds. The van der Waals surface area contributed by atoms with Crippen LogP contribution in [0.15, 0.2) is 38.5 Å². The minimum absolute atomic E-state index is 0.441. The molecule has 0 aliphatic heterocycles. The molecule has 17 heavy (non-hydrogen) atoms. The number of hydrogen-bond acceptors (Lipinski definition) is 3. The molecule has 0 saturated carbocycles. The normalized spacial score (nSPS) is 11.2. The summed E-state index contributed by atoms with van der Waals surface area (Å²) in [5.74, 6) is 1.22. The molecule has 2 aromatic heterocycles. The maximum Gasteiger partial charge on any atom is 0.154 e. The molecular formula is C12H7BrClNOS. The van der Waals surface area contributed by atoms with Crippen LogP contribution in [0.3, 0.4) is 0 Å². The smallest absolute Gasteiger partial charge is 0.154 e. The number of thiazole rings is 1. The number of rotatable bonds is 2. The van der Waals surface area contributed by atoms with Gasteiger partial charge >= 0.3 is 0 Å². The Balaban J connectivity index is 2.11. The van der Waals surface area contributed by atoms with Crippen molar-refractivity contribution in [3.8, 4) is 11.5 Å². The fourth-order valence-electron chi connectivity index (χ4n) is 1.63. The van der Waals surface area contributed by atoms with Crippen LogP contribution >= 0.6 is 38.9 Å². The van der Waals surface area contributed by atoms with Crippen molar-refractivity contribution < 1.29 is 4.42 Å². The van der Waals surface area contributed by atoms with E-state index in [9.17, 15) is 0 Å².